The molecule has 2 aromatic heterocycles. The van der Waals surface area contributed by atoms with Crippen LogP contribution in [-0.2, 0) is 0 Å². The van der Waals surface area contributed by atoms with Crippen LogP contribution in [-0.4, -0.2) is 25.7 Å². The summed E-state index contributed by atoms with van der Waals surface area (Å²) >= 11 is 0. The second kappa shape index (κ2) is 2.55. The fraction of sp³-hybridized carbons (Fsp3) is 0.125. The molecule has 0 bridgehead atoms. The van der Waals surface area contributed by atoms with E-state index >= 15 is 0 Å². The van der Waals surface area contributed by atoms with Gasteiger partial charge in [-0.05, 0) is 6.92 Å². The zero-order chi connectivity index (χ0) is 9.42. The van der Waals surface area contributed by atoms with Gasteiger partial charge in [0.25, 0.3) is 0 Å². The van der Waals surface area contributed by atoms with Crippen LogP contribution in [0.3, 0.4) is 0 Å². The topological polar surface area (TPSA) is 67.5 Å². The standard InChI is InChI=1S/C8H7N3O2/c1-5-7(8(12)13)6-4-9-2-3-11(6)10-5/h2-4H,1H3,(H,12,13). The Balaban J connectivity index is 2.86. The molecule has 0 saturated carbocycles. The van der Waals surface area contributed by atoms with Crippen LogP contribution in [0.5, 0.6) is 0 Å². The normalized spacial score (nSPS) is 10.5. The van der Waals surface area contributed by atoms with Crippen molar-refractivity contribution in [3.8, 4) is 0 Å². The van der Waals surface area contributed by atoms with Crippen LogP contribution in [0.4, 0.5) is 0 Å². The lowest BCUT2D eigenvalue weighted by atomic mass is 10.2. The zero-order valence-electron chi connectivity index (χ0n) is 6.93. The van der Waals surface area contributed by atoms with Gasteiger partial charge < -0.3 is 5.11 Å². The Morgan fingerprint density at radius 3 is 3.08 bits per heavy atom. The van der Waals surface area contributed by atoms with Gasteiger partial charge in [0.1, 0.15) is 5.56 Å². The lowest BCUT2D eigenvalue weighted by Gasteiger charge is -1.91. The molecule has 0 radical (unpaired) electrons. The molecule has 1 N–H and O–H groups in total. The number of aromatic carboxylic acids is 1. The second-order valence-corrected chi connectivity index (χ2v) is 2.67. The molecule has 0 aliphatic rings. The Kier molecular flexibility index (Phi) is 1.51. The molecule has 2 aromatic rings. The number of carboxylic acids is 1. The Morgan fingerprint density at radius 2 is 2.38 bits per heavy atom. The molecule has 0 spiro atoms. The molecule has 0 aliphatic heterocycles. The maximum atomic E-state index is 10.8. The molecule has 2 rings (SSSR count). The van der Waals surface area contributed by atoms with Crippen molar-refractivity contribution < 1.29 is 9.90 Å². The fourth-order valence-corrected chi connectivity index (χ4v) is 1.28. The number of nitrogens with zero attached hydrogens (tertiary/aromatic N) is 3. The van der Waals surface area contributed by atoms with Crippen molar-refractivity contribution in [1.29, 1.82) is 0 Å². The van der Waals surface area contributed by atoms with E-state index in [1.54, 1.807) is 19.3 Å². The lowest BCUT2D eigenvalue weighted by Crippen LogP contribution is -1.97. The first-order chi connectivity index (χ1) is 6.20. The van der Waals surface area contributed by atoms with Gasteiger partial charge in [-0.3, -0.25) is 4.98 Å². The van der Waals surface area contributed by atoms with Gasteiger partial charge in [0.15, 0.2) is 0 Å². The number of aromatic nitrogens is 3. The Morgan fingerprint density at radius 1 is 1.62 bits per heavy atom. The van der Waals surface area contributed by atoms with Gasteiger partial charge in [-0.2, -0.15) is 5.10 Å². The third-order valence-corrected chi connectivity index (χ3v) is 1.83. The average molecular weight is 177 g/mol. The second-order valence-electron chi connectivity index (χ2n) is 2.67. The number of carboxylic acid groups (broad SMARTS) is 1. The summed E-state index contributed by atoms with van der Waals surface area (Å²) < 4.78 is 1.51. The van der Waals surface area contributed by atoms with Crippen LogP contribution in [0.15, 0.2) is 18.6 Å². The average Bonchev–Trinajstić information content (AvgIpc) is 2.39. The number of hydrogen-bond acceptors (Lipinski definition) is 3. The van der Waals surface area contributed by atoms with Crippen molar-refractivity contribution in [3.63, 3.8) is 0 Å². The largest absolute Gasteiger partial charge is 0.478 e. The fourth-order valence-electron chi connectivity index (χ4n) is 1.28. The highest BCUT2D eigenvalue weighted by Gasteiger charge is 2.15. The monoisotopic (exact) mass is 177 g/mol. The van der Waals surface area contributed by atoms with Crippen LogP contribution in [0, 0.1) is 6.92 Å². The highest BCUT2D eigenvalue weighted by Crippen LogP contribution is 2.13. The number of hydrogen-bond donors (Lipinski definition) is 1. The minimum Gasteiger partial charge on any atom is -0.478 e. The number of carbonyl (C=O) groups is 1. The smallest absolute Gasteiger partial charge is 0.339 e. The van der Waals surface area contributed by atoms with E-state index in [1.807, 2.05) is 0 Å². The Bertz CT molecular complexity index is 475. The molecular formula is C8H7N3O2. The maximum absolute atomic E-state index is 10.8. The van der Waals surface area contributed by atoms with Gasteiger partial charge in [0.2, 0.25) is 0 Å². The van der Waals surface area contributed by atoms with Gasteiger partial charge >= 0.3 is 5.97 Å². The summed E-state index contributed by atoms with van der Waals surface area (Å²) in [6.07, 6.45) is 4.67. The zero-order valence-corrected chi connectivity index (χ0v) is 6.93. The predicted octanol–water partition coefficient (Wildman–Crippen LogP) is 0.736. The summed E-state index contributed by atoms with van der Waals surface area (Å²) in [5.41, 5.74) is 1.24. The summed E-state index contributed by atoms with van der Waals surface area (Å²) in [4.78, 5) is 14.7. The Labute approximate surface area is 73.6 Å². The molecule has 0 saturated heterocycles. The summed E-state index contributed by atoms with van der Waals surface area (Å²) in [5.74, 6) is -0.972. The molecule has 2 heterocycles. The molecule has 0 atom stereocenters. The van der Waals surface area contributed by atoms with Crippen LogP contribution in [0.25, 0.3) is 5.52 Å². The lowest BCUT2D eigenvalue weighted by molar-refractivity contribution is 0.0698. The summed E-state index contributed by atoms with van der Waals surface area (Å²) in [7, 11) is 0. The predicted molar refractivity (Wildman–Crippen MR) is 44.7 cm³/mol. The molecule has 0 fully saturated rings. The molecule has 13 heavy (non-hydrogen) atoms. The summed E-state index contributed by atoms with van der Waals surface area (Å²) in [6.45, 7) is 1.66. The van der Waals surface area contributed by atoms with E-state index in [2.05, 4.69) is 10.1 Å². The molecule has 0 aromatic carbocycles. The van der Waals surface area contributed by atoms with Crippen LogP contribution in [0.2, 0.25) is 0 Å². The van der Waals surface area contributed by atoms with Crippen molar-refractivity contribution in [3.05, 3.63) is 29.8 Å². The molecular weight excluding hydrogens is 170 g/mol. The van der Waals surface area contributed by atoms with E-state index in [9.17, 15) is 4.79 Å². The molecule has 0 amide bonds. The van der Waals surface area contributed by atoms with E-state index in [0.717, 1.165) is 0 Å². The minimum absolute atomic E-state index is 0.216. The molecule has 5 heteroatoms. The number of rotatable bonds is 1. The van der Waals surface area contributed by atoms with E-state index in [1.165, 1.54) is 10.7 Å². The highest BCUT2D eigenvalue weighted by atomic mass is 16.4. The minimum atomic E-state index is -0.972. The highest BCUT2D eigenvalue weighted by molar-refractivity contribution is 5.96. The molecule has 0 unspecified atom stereocenters. The first kappa shape index (κ1) is 7.72. The van der Waals surface area contributed by atoms with Gasteiger partial charge in [-0.15, -0.1) is 0 Å². The van der Waals surface area contributed by atoms with Crippen molar-refractivity contribution >= 4 is 11.5 Å². The maximum Gasteiger partial charge on any atom is 0.339 e. The van der Waals surface area contributed by atoms with Crippen molar-refractivity contribution in [2.45, 2.75) is 6.92 Å². The summed E-state index contributed by atoms with van der Waals surface area (Å²) in [6, 6.07) is 0. The van der Waals surface area contributed by atoms with E-state index in [4.69, 9.17) is 5.11 Å². The molecule has 5 nitrogen and oxygen atoms in total. The van der Waals surface area contributed by atoms with E-state index in [0.29, 0.717) is 11.2 Å². The summed E-state index contributed by atoms with van der Waals surface area (Å²) in [5, 5.41) is 12.9. The van der Waals surface area contributed by atoms with Crippen LogP contribution >= 0.6 is 0 Å². The van der Waals surface area contributed by atoms with Crippen molar-refractivity contribution in [1.82, 2.24) is 14.6 Å². The van der Waals surface area contributed by atoms with Gasteiger partial charge in [0, 0.05) is 12.4 Å². The van der Waals surface area contributed by atoms with Crippen molar-refractivity contribution in [2.75, 3.05) is 0 Å². The molecule has 0 aliphatic carbocycles. The van der Waals surface area contributed by atoms with E-state index < -0.39 is 5.97 Å². The third-order valence-electron chi connectivity index (χ3n) is 1.83. The van der Waals surface area contributed by atoms with Crippen molar-refractivity contribution in [2.24, 2.45) is 0 Å². The van der Waals surface area contributed by atoms with Crippen LogP contribution < -0.4 is 0 Å². The van der Waals surface area contributed by atoms with Gasteiger partial charge in [0.05, 0.1) is 17.4 Å². The SMILES string of the molecule is Cc1nn2ccncc2c1C(=O)O. The first-order valence-corrected chi connectivity index (χ1v) is 3.72. The number of fused-ring (bicyclic) bond motifs is 1. The Hall–Kier alpha value is -1.91. The third kappa shape index (κ3) is 1.05. The van der Waals surface area contributed by atoms with Gasteiger partial charge in [-0.25, -0.2) is 9.31 Å². The van der Waals surface area contributed by atoms with E-state index in [-0.39, 0.29) is 5.56 Å². The van der Waals surface area contributed by atoms with Crippen LogP contribution in [0.1, 0.15) is 16.1 Å². The molecule has 66 valence electrons. The van der Waals surface area contributed by atoms with Gasteiger partial charge in [-0.1, -0.05) is 0 Å². The number of aryl methyl sites for hydroxylation is 1. The first-order valence-electron chi connectivity index (χ1n) is 3.72. The quantitative estimate of drug-likeness (QED) is 0.697.